The molecule has 10 N–H and O–H groups in total. The molecule has 2 aromatic rings. The normalized spacial score (nSPS) is 20.0. The van der Waals surface area contributed by atoms with Crippen LogP contribution in [-0.4, -0.2) is 123 Å². The summed E-state index contributed by atoms with van der Waals surface area (Å²) in [5.41, 5.74) is 4.29. The molecule has 0 aliphatic carbocycles. The van der Waals surface area contributed by atoms with Gasteiger partial charge in [0.1, 0.15) is 36.3 Å². The summed E-state index contributed by atoms with van der Waals surface area (Å²) in [5, 5.41) is 26.7. The molecule has 394 valence electrons. The van der Waals surface area contributed by atoms with Gasteiger partial charge >= 0.3 is 23.5 Å². The van der Waals surface area contributed by atoms with E-state index in [0.29, 0.717) is 12.2 Å². The largest absolute Gasteiger partial charge is 0.481 e. The van der Waals surface area contributed by atoms with Crippen molar-refractivity contribution in [2.24, 2.45) is 5.41 Å². The molecular weight excluding hydrogens is 987 g/mol. The number of phosphoric ester groups is 3. The van der Waals surface area contributed by atoms with Crippen molar-refractivity contribution in [2.45, 2.75) is 161 Å². The van der Waals surface area contributed by atoms with Crippen LogP contribution < -0.4 is 16.4 Å². The van der Waals surface area contributed by atoms with Gasteiger partial charge in [0.15, 0.2) is 22.8 Å². The van der Waals surface area contributed by atoms with Crippen LogP contribution in [0.5, 0.6) is 0 Å². The number of fused-ring (bicyclic) bond motifs is 1. The van der Waals surface area contributed by atoms with E-state index in [-0.39, 0.29) is 41.6 Å². The fourth-order valence-electron chi connectivity index (χ4n) is 7.06. The Morgan fingerprint density at radius 1 is 0.870 bits per heavy atom. The SMILES string of the molecule is CCCCCCCC/C=C\CCCCCCCCCC(=O)SCCNC(=O)CCNC(=O)[C@H](O)C(C)(C)COP(=O)(O)OP(=O)(O)OC[C@H]1O[C@@H](n2cnc3c(N)ncnc32)C(O)C1OP(=O)(O)O. The van der Waals surface area contributed by atoms with Gasteiger partial charge < -0.3 is 50.9 Å². The number of nitrogen functional groups attached to an aromatic ring is 1. The highest BCUT2D eigenvalue weighted by atomic mass is 32.2. The van der Waals surface area contributed by atoms with Gasteiger partial charge in [0.25, 0.3) is 0 Å². The van der Waals surface area contributed by atoms with Crippen LogP contribution in [-0.2, 0) is 50.7 Å². The van der Waals surface area contributed by atoms with Crippen LogP contribution in [0.2, 0.25) is 0 Å². The number of allylic oxidation sites excluding steroid dienone is 2. The van der Waals surface area contributed by atoms with Crippen molar-refractivity contribution in [1.82, 2.24) is 30.2 Å². The number of rotatable bonds is 36. The number of hydrogen-bond donors (Lipinski definition) is 9. The highest BCUT2D eigenvalue weighted by molar-refractivity contribution is 8.13. The molecule has 0 radical (unpaired) electrons. The number of hydrogen-bond acceptors (Lipinski definition) is 18. The molecule has 3 heterocycles. The molecule has 0 spiro atoms. The molecule has 3 rings (SSSR count). The first-order chi connectivity index (χ1) is 32.6. The van der Waals surface area contributed by atoms with E-state index in [4.69, 9.17) is 19.5 Å². The third-order valence-electron chi connectivity index (χ3n) is 10.9. The third-order valence-corrected chi connectivity index (χ3v) is 14.9. The lowest BCUT2D eigenvalue weighted by Crippen LogP contribution is -2.46. The van der Waals surface area contributed by atoms with E-state index >= 15 is 0 Å². The molecule has 4 unspecified atom stereocenters. The summed E-state index contributed by atoms with van der Waals surface area (Å²) >= 11 is 1.15. The first-order valence-corrected chi connectivity index (χ1v) is 28.8. The fourth-order valence-corrected chi connectivity index (χ4v) is 10.6. The minimum Gasteiger partial charge on any atom is -0.386 e. The molecule has 28 heteroatoms. The average molecular weight is 1060 g/mol. The molecule has 24 nitrogen and oxygen atoms in total. The number of nitrogens with two attached hydrogens (primary N) is 1. The Hall–Kier alpha value is -2.70. The lowest BCUT2D eigenvalue weighted by Gasteiger charge is -2.30. The predicted octanol–water partition coefficient (Wildman–Crippen LogP) is 5.48. The van der Waals surface area contributed by atoms with E-state index in [0.717, 1.165) is 54.7 Å². The number of aliphatic hydroxyl groups excluding tert-OH is 2. The lowest BCUT2D eigenvalue weighted by molar-refractivity contribution is -0.137. The molecule has 0 bridgehead atoms. The number of carbonyl (C=O) groups excluding carboxylic acids is 3. The monoisotopic (exact) mass is 1060 g/mol. The minimum absolute atomic E-state index is 0.0334. The zero-order valence-corrected chi connectivity index (χ0v) is 43.0. The number of thioether (sulfide) groups is 1. The van der Waals surface area contributed by atoms with Crippen LogP contribution in [0.25, 0.3) is 11.2 Å². The Labute approximate surface area is 407 Å². The summed E-state index contributed by atoms with van der Waals surface area (Å²) in [6.07, 6.45) is 16.3. The molecule has 2 amide bonds. The van der Waals surface area contributed by atoms with E-state index in [9.17, 15) is 57.9 Å². The van der Waals surface area contributed by atoms with Crippen LogP contribution in [0.4, 0.5) is 5.82 Å². The fraction of sp³-hybridized carbons (Fsp3) is 0.756. The molecule has 0 saturated carbocycles. The maximum Gasteiger partial charge on any atom is 0.481 e. The number of nitrogens with zero attached hydrogens (tertiary/aromatic N) is 4. The van der Waals surface area contributed by atoms with Gasteiger partial charge in [-0.05, 0) is 32.1 Å². The van der Waals surface area contributed by atoms with Crippen molar-refractivity contribution in [2.75, 3.05) is 37.8 Å². The van der Waals surface area contributed by atoms with Gasteiger partial charge in [0, 0.05) is 37.1 Å². The van der Waals surface area contributed by atoms with Crippen molar-refractivity contribution in [3.63, 3.8) is 0 Å². The molecule has 1 aliphatic heterocycles. The van der Waals surface area contributed by atoms with Gasteiger partial charge in [-0.1, -0.05) is 109 Å². The van der Waals surface area contributed by atoms with E-state index in [2.05, 4.69) is 53.5 Å². The molecule has 1 fully saturated rings. The Morgan fingerprint density at radius 3 is 2.12 bits per heavy atom. The smallest absolute Gasteiger partial charge is 0.386 e. The van der Waals surface area contributed by atoms with E-state index in [1.54, 1.807) is 0 Å². The number of ether oxygens (including phenoxy) is 1. The Morgan fingerprint density at radius 2 is 1.48 bits per heavy atom. The van der Waals surface area contributed by atoms with Crippen LogP contribution in [0.1, 0.15) is 136 Å². The molecule has 1 saturated heterocycles. The number of amides is 2. The zero-order valence-electron chi connectivity index (χ0n) is 39.5. The molecule has 1 aliphatic rings. The van der Waals surface area contributed by atoms with Gasteiger partial charge in [-0.2, -0.15) is 4.31 Å². The van der Waals surface area contributed by atoms with Crippen LogP contribution in [0, 0.1) is 5.41 Å². The first kappa shape index (κ1) is 60.6. The maximum atomic E-state index is 12.7. The number of aliphatic hydroxyl groups is 2. The second-order valence-corrected chi connectivity index (χ2v) is 22.7. The van der Waals surface area contributed by atoms with Crippen LogP contribution in [0.3, 0.4) is 0 Å². The highest BCUT2D eigenvalue weighted by Gasteiger charge is 2.50. The van der Waals surface area contributed by atoms with E-state index in [1.165, 1.54) is 84.5 Å². The van der Waals surface area contributed by atoms with Gasteiger partial charge in [0.05, 0.1) is 19.5 Å². The van der Waals surface area contributed by atoms with E-state index in [1.807, 2.05) is 0 Å². The molecular formula is C41H72N7O17P3S. The van der Waals surface area contributed by atoms with Gasteiger partial charge in [-0.3, -0.25) is 32.5 Å². The second kappa shape index (κ2) is 30.4. The van der Waals surface area contributed by atoms with Crippen LogP contribution >= 0.6 is 35.2 Å². The molecule has 7 atom stereocenters. The average Bonchev–Trinajstić information content (AvgIpc) is 3.84. The van der Waals surface area contributed by atoms with Gasteiger partial charge in [-0.15, -0.1) is 0 Å². The van der Waals surface area contributed by atoms with Crippen molar-refractivity contribution in [1.29, 1.82) is 0 Å². The topological polar surface area (TPSA) is 364 Å². The number of aromatic nitrogens is 4. The number of anilines is 1. The third kappa shape index (κ3) is 23.2. The number of nitrogens with one attached hydrogen (secondary N) is 2. The molecule has 69 heavy (non-hydrogen) atoms. The lowest BCUT2D eigenvalue weighted by atomic mass is 9.87. The maximum absolute atomic E-state index is 12.7. The quantitative estimate of drug-likeness (QED) is 0.0232. The van der Waals surface area contributed by atoms with Crippen LogP contribution in [0.15, 0.2) is 24.8 Å². The van der Waals surface area contributed by atoms with Gasteiger partial charge in [-0.25, -0.2) is 28.6 Å². The van der Waals surface area contributed by atoms with Crippen molar-refractivity contribution < 1.29 is 80.5 Å². The summed E-state index contributed by atoms with van der Waals surface area (Å²) in [4.78, 5) is 88.4. The van der Waals surface area contributed by atoms with Gasteiger partial charge in [0.2, 0.25) is 11.8 Å². The summed E-state index contributed by atoms with van der Waals surface area (Å²) in [6, 6.07) is 0. The number of unbranched alkanes of at least 4 members (excludes halogenated alkanes) is 13. The van der Waals surface area contributed by atoms with Crippen molar-refractivity contribution >= 4 is 69.1 Å². The second-order valence-electron chi connectivity index (χ2n) is 17.3. The minimum atomic E-state index is -5.58. The molecule has 0 aromatic carbocycles. The Bertz CT molecular complexity index is 2080. The first-order valence-electron chi connectivity index (χ1n) is 23.3. The standard InChI is InChI=1S/C41H72N7O17P3S/c1-4-5-6-7-8-9-10-11-12-13-14-15-16-17-18-19-20-21-32(50)69-25-24-43-31(49)22-23-44-39(53)36(52)41(2,3)27-62-68(59,60)65-67(57,58)61-26-30-35(64-66(54,55)56)34(51)40(63-30)48-29-47-33-37(42)45-28-46-38(33)48/h11-12,28-30,34-36,40,51-52H,4-10,13-27H2,1-3H3,(H,43,49)(H,44,53)(H,57,58)(H,59,60)(H2,42,45,46)(H2,54,55,56)/b12-11-/t30-,34?,35?,36+,40-/m1/s1. The number of carbonyl (C=O) groups is 3. The Balaban J connectivity index is 1.28. The highest BCUT2D eigenvalue weighted by Crippen LogP contribution is 2.61. The van der Waals surface area contributed by atoms with Crippen molar-refractivity contribution in [3.8, 4) is 0 Å². The summed E-state index contributed by atoms with van der Waals surface area (Å²) < 4.78 is 62.5. The number of imidazole rings is 1. The summed E-state index contributed by atoms with van der Waals surface area (Å²) in [6.45, 7) is 2.81. The Kier molecular flexibility index (Phi) is 26.7. The number of phosphoric acid groups is 3. The van der Waals surface area contributed by atoms with Crippen molar-refractivity contribution in [3.05, 3.63) is 24.8 Å². The summed E-state index contributed by atoms with van der Waals surface area (Å²) in [5.74, 6) is -1.03. The summed E-state index contributed by atoms with van der Waals surface area (Å²) in [7, 11) is -16.4. The molecule has 2 aromatic heterocycles. The predicted molar refractivity (Wildman–Crippen MR) is 256 cm³/mol. The van der Waals surface area contributed by atoms with E-state index < -0.39 is 84.6 Å². The zero-order chi connectivity index (χ0) is 51.1.